The van der Waals surface area contributed by atoms with E-state index in [9.17, 15) is 14.0 Å². The van der Waals surface area contributed by atoms with Gasteiger partial charge in [-0.2, -0.15) is 5.10 Å². The molecule has 0 fully saturated rings. The van der Waals surface area contributed by atoms with Crippen molar-refractivity contribution < 1.29 is 18.4 Å². The summed E-state index contributed by atoms with van der Waals surface area (Å²) in [6, 6.07) is 17.1. The molecule has 0 radical (unpaired) electrons. The van der Waals surface area contributed by atoms with Gasteiger partial charge in [0.2, 0.25) is 11.8 Å². The molecule has 0 bridgehead atoms. The van der Waals surface area contributed by atoms with Crippen LogP contribution in [0.1, 0.15) is 48.6 Å². The number of carbonyl (C=O) groups is 2. The molecule has 1 aliphatic heterocycles. The first kappa shape index (κ1) is 27.0. The minimum atomic E-state index is -0.430. The Morgan fingerprint density at radius 2 is 1.97 bits per heavy atom. The van der Waals surface area contributed by atoms with Crippen molar-refractivity contribution in [1.29, 1.82) is 0 Å². The predicted molar refractivity (Wildman–Crippen MR) is 151 cm³/mol. The Kier molecular flexibility index (Phi) is 7.55. The van der Waals surface area contributed by atoms with Gasteiger partial charge in [0.25, 0.3) is 0 Å². The summed E-state index contributed by atoms with van der Waals surface area (Å²) in [6.45, 7) is 6.09. The van der Waals surface area contributed by atoms with Crippen molar-refractivity contribution in [1.82, 2.24) is 15.1 Å². The van der Waals surface area contributed by atoms with Crippen LogP contribution in [0.4, 0.5) is 10.2 Å². The zero-order valence-electron chi connectivity index (χ0n) is 21.8. The Balaban J connectivity index is 1.68. The van der Waals surface area contributed by atoms with Crippen LogP contribution in [0.5, 0.6) is 0 Å². The molecule has 0 saturated carbocycles. The Bertz CT molecular complexity index is 1510. The number of nitrogens with one attached hydrogen (secondary N) is 1. The number of benzene rings is 2. The highest BCUT2D eigenvalue weighted by atomic mass is 35.5. The van der Waals surface area contributed by atoms with E-state index in [1.165, 1.54) is 35.1 Å². The lowest BCUT2D eigenvalue weighted by Gasteiger charge is -2.24. The number of aromatic nitrogens is 2. The smallest absolute Gasteiger partial charge is 0.240 e. The zero-order chi connectivity index (χ0) is 27.7. The fourth-order valence-corrected chi connectivity index (χ4v) is 5.96. The molecule has 7 nitrogen and oxygen atoms in total. The van der Waals surface area contributed by atoms with Crippen molar-refractivity contribution in [3.8, 4) is 5.69 Å². The first-order chi connectivity index (χ1) is 18.6. The summed E-state index contributed by atoms with van der Waals surface area (Å²) in [6.07, 6.45) is 1.54. The van der Waals surface area contributed by atoms with E-state index in [-0.39, 0.29) is 36.5 Å². The van der Waals surface area contributed by atoms with Crippen LogP contribution in [-0.2, 0) is 21.5 Å². The zero-order valence-corrected chi connectivity index (χ0v) is 23.4. The topological polar surface area (TPSA) is 80.4 Å². The summed E-state index contributed by atoms with van der Waals surface area (Å²) < 4.78 is 21.4. The van der Waals surface area contributed by atoms with Gasteiger partial charge in [0.05, 0.1) is 35.2 Å². The van der Waals surface area contributed by atoms with Gasteiger partial charge >= 0.3 is 0 Å². The molecular weight excluding hydrogens is 539 g/mol. The van der Waals surface area contributed by atoms with Gasteiger partial charge in [-0.05, 0) is 48.0 Å². The SMILES string of the molecule is CC(C)(C)c1nn(-c2cccc(Cl)c2)c2c1[C@@H](c1cccc(F)c1)SCC(=O)N2CC(=O)NCc1ccco1. The molecular formula is C29H28ClFN4O3S. The number of nitrogens with zero attached hydrogens (tertiary/aromatic N) is 3. The van der Waals surface area contributed by atoms with E-state index in [1.54, 1.807) is 41.1 Å². The Labute approximate surface area is 235 Å². The summed E-state index contributed by atoms with van der Waals surface area (Å²) >= 11 is 7.74. The lowest BCUT2D eigenvalue weighted by atomic mass is 9.87. The Morgan fingerprint density at radius 3 is 2.67 bits per heavy atom. The summed E-state index contributed by atoms with van der Waals surface area (Å²) in [5.74, 6) is 0.207. The highest BCUT2D eigenvalue weighted by molar-refractivity contribution is 8.00. The molecule has 1 aliphatic rings. The molecule has 0 saturated heterocycles. The van der Waals surface area contributed by atoms with Crippen LogP contribution >= 0.6 is 23.4 Å². The Hall–Kier alpha value is -3.56. The fourth-order valence-electron chi connectivity index (χ4n) is 4.59. The van der Waals surface area contributed by atoms with Gasteiger partial charge < -0.3 is 9.73 Å². The molecule has 2 aromatic heterocycles. The first-order valence-electron chi connectivity index (χ1n) is 12.5. The number of fused-ring (bicyclic) bond motifs is 1. The largest absolute Gasteiger partial charge is 0.467 e. The van der Waals surface area contributed by atoms with Gasteiger partial charge in [-0.15, -0.1) is 11.8 Å². The summed E-state index contributed by atoms with van der Waals surface area (Å²) in [7, 11) is 0. The second kappa shape index (κ2) is 10.9. The van der Waals surface area contributed by atoms with E-state index in [4.69, 9.17) is 21.1 Å². The van der Waals surface area contributed by atoms with Crippen molar-refractivity contribution in [2.24, 2.45) is 0 Å². The standard InChI is InChI=1S/C29H28ClFN4O3S/c1-29(2,3)27-25-26(18-7-4-9-20(31)13-18)39-17-24(37)34(16-23(36)32-15-22-11-6-12-38-22)28(25)35(33-27)21-10-5-8-19(30)14-21/h4-14,26H,15-17H2,1-3H3,(H,32,36)/t26-/m1/s1. The van der Waals surface area contributed by atoms with Gasteiger partial charge in [-0.1, -0.05) is 50.6 Å². The fraction of sp³-hybridized carbons (Fsp3) is 0.276. The predicted octanol–water partition coefficient (Wildman–Crippen LogP) is 6.04. The molecule has 1 atom stereocenters. The molecule has 3 heterocycles. The first-order valence-corrected chi connectivity index (χ1v) is 13.9. The number of rotatable bonds is 6. The lowest BCUT2D eigenvalue weighted by molar-refractivity contribution is -0.123. The minimum Gasteiger partial charge on any atom is -0.467 e. The number of halogens is 2. The third-order valence-corrected chi connectivity index (χ3v) is 7.84. The number of anilines is 1. The van der Waals surface area contributed by atoms with E-state index in [2.05, 4.69) is 5.32 Å². The maximum absolute atomic E-state index is 14.4. The van der Waals surface area contributed by atoms with Crippen molar-refractivity contribution >= 4 is 41.0 Å². The van der Waals surface area contributed by atoms with Crippen molar-refractivity contribution in [3.63, 3.8) is 0 Å². The van der Waals surface area contributed by atoms with Gasteiger partial charge in [-0.25, -0.2) is 9.07 Å². The normalized spacial score (nSPS) is 15.7. The third kappa shape index (κ3) is 5.74. The Morgan fingerprint density at radius 1 is 1.18 bits per heavy atom. The third-order valence-electron chi connectivity index (χ3n) is 6.35. The van der Waals surface area contributed by atoms with Gasteiger partial charge in [0.15, 0.2) is 0 Å². The van der Waals surface area contributed by atoms with E-state index in [0.29, 0.717) is 27.9 Å². The number of furan rings is 1. The molecule has 0 aliphatic carbocycles. The number of amides is 2. The second-order valence-corrected chi connectivity index (χ2v) is 11.8. The van der Waals surface area contributed by atoms with Crippen molar-refractivity contribution in [2.75, 3.05) is 17.2 Å². The summed E-state index contributed by atoms with van der Waals surface area (Å²) in [5, 5.41) is 7.95. The van der Waals surface area contributed by atoms with Crippen LogP contribution in [0.15, 0.2) is 71.3 Å². The molecule has 5 rings (SSSR count). The number of thioether (sulfide) groups is 1. The molecule has 0 spiro atoms. The highest BCUT2D eigenvalue weighted by Gasteiger charge is 2.40. The van der Waals surface area contributed by atoms with Crippen LogP contribution in [0.3, 0.4) is 0 Å². The maximum atomic E-state index is 14.4. The van der Waals surface area contributed by atoms with Gasteiger partial charge in [0.1, 0.15) is 23.9 Å². The lowest BCUT2D eigenvalue weighted by Crippen LogP contribution is -2.42. The van der Waals surface area contributed by atoms with Crippen molar-refractivity contribution in [3.05, 3.63) is 100 Å². The molecule has 0 unspecified atom stereocenters. The maximum Gasteiger partial charge on any atom is 0.240 e. The average molecular weight is 567 g/mol. The quantitative estimate of drug-likeness (QED) is 0.308. The number of carbonyl (C=O) groups excluding carboxylic acids is 2. The van der Waals surface area contributed by atoms with Crippen LogP contribution in [0.2, 0.25) is 5.02 Å². The summed E-state index contributed by atoms with van der Waals surface area (Å²) in [4.78, 5) is 28.3. The van der Waals surface area contributed by atoms with Crippen LogP contribution in [0.25, 0.3) is 5.69 Å². The number of hydrogen-bond donors (Lipinski definition) is 1. The molecule has 1 N–H and O–H groups in total. The number of hydrogen-bond acceptors (Lipinski definition) is 5. The van der Waals surface area contributed by atoms with Crippen molar-refractivity contribution in [2.45, 2.75) is 38.0 Å². The molecule has 4 aromatic rings. The van der Waals surface area contributed by atoms with Gasteiger partial charge in [0, 0.05) is 16.0 Å². The molecule has 10 heteroatoms. The molecule has 202 valence electrons. The van der Waals surface area contributed by atoms with E-state index < -0.39 is 10.7 Å². The second-order valence-electron chi connectivity index (χ2n) is 10.3. The van der Waals surface area contributed by atoms with Crippen LogP contribution < -0.4 is 10.2 Å². The van der Waals surface area contributed by atoms with Crippen LogP contribution in [-0.4, -0.2) is 33.9 Å². The summed E-state index contributed by atoms with van der Waals surface area (Å²) in [5.41, 5.74) is 2.45. The van der Waals surface area contributed by atoms with E-state index in [1.807, 2.05) is 32.9 Å². The molecule has 2 amide bonds. The highest BCUT2D eigenvalue weighted by Crippen LogP contribution is 2.48. The van der Waals surface area contributed by atoms with Gasteiger partial charge in [-0.3, -0.25) is 14.5 Å². The van der Waals surface area contributed by atoms with E-state index in [0.717, 1.165) is 11.3 Å². The van der Waals surface area contributed by atoms with E-state index >= 15 is 0 Å². The minimum absolute atomic E-state index is 0.0977. The average Bonchev–Trinajstić information content (AvgIpc) is 3.52. The molecule has 39 heavy (non-hydrogen) atoms. The van der Waals surface area contributed by atoms with Crippen LogP contribution in [0, 0.1) is 5.82 Å². The monoisotopic (exact) mass is 566 g/mol. The molecule has 2 aromatic carbocycles.